The number of halogens is 1. The Balaban J connectivity index is 2.71. The smallest absolute Gasteiger partial charge is 0.260 e. The lowest BCUT2D eigenvalue weighted by Crippen LogP contribution is -2.41. The molecule has 4 nitrogen and oxygen atoms in total. The van der Waals surface area contributed by atoms with Crippen LogP contribution in [0.1, 0.15) is 45.7 Å². The molecule has 0 aliphatic rings. The Hall–Kier alpha value is -1.62. The zero-order chi connectivity index (χ0) is 15.3. The zero-order valence-electron chi connectivity index (χ0n) is 12.4. The molecular weight excluding hydrogens is 259 g/mol. The van der Waals surface area contributed by atoms with Crippen LogP contribution in [-0.2, 0) is 4.79 Å². The Morgan fingerprint density at radius 2 is 2.05 bits per heavy atom. The summed E-state index contributed by atoms with van der Waals surface area (Å²) < 4.78 is 19.2. The number of benzene rings is 1. The fourth-order valence-electron chi connectivity index (χ4n) is 1.60. The number of amides is 1. The van der Waals surface area contributed by atoms with Crippen molar-refractivity contribution < 1.29 is 13.9 Å². The molecule has 3 unspecified atom stereocenters. The third-order valence-electron chi connectivity index (χ3n) is 3.16. The van der Waals surface area contributed by atoms with Gasteiger partial charge >= 0.3 is 0 Å². The number of nitrogens with one attached hydrogen (secondary N) is 1. The fraction of sp³-hybridized carbons (Fsp3) is 0.533. The van der Waals surface area contributed by atoms with Gasteiger partial charge in [0.2, 0.25) is 0 Å². The van der Waals surface area contributed by atoms with E-state index in [1.54, 1.807) is 19.9 Å². The first-order chi connectivity index (χ1) is 9.35. The van der Waals surface area contributed by atoms with Crippen LogP contribution in [0.15, 0.2) is 18.2 Å². The molecule has 1 amide bonds. The number of rotatable bonds is 6. The van der Waals surface area contributed by atoms with Gasteiger partial charge in [-0.3, -0.25) is 4.79 Å². The monoisotopic (exact) mass is 282 g/mol. The first kappa shape index (κ1) is 16.4. The average molecular weight is 282 g/mol. The van der Waals surface area contributed by atoms with E-state index in [0.29, 0.717) is 5.56 Å². The molecule has 0 bridgehead atoms. The lowest BCUT2D eigenvalue weighted by atomic mass is 10.1. The van der Waals surface area contributed by atoms with Crippen LogP contribution >= 0.6 is 0 Å². The van der Waals surface area contributed by atoms with Crippen molar-refractivity contribution in [3.8, 4) is 5.75 Å². The second-order valence-corrected chi connectivity index (χ2v) is 5.06. The first-order valence-electron chi connectivity index (χ1n) is 6.87. The number of carbonyl (C=O) groups excluding carboxylic acids is 1. The number of hydrogen-bond donors (Lipinski definition) is 2. The van der Waals surface area contributed by atoms with E-state index in [4.69, 9.17) is 10.5 Å². The standard InChI is InChI=1S/C15H23FN2O2/c1-5-9(2)18-15(19)11(4)20-14-7-6-12(10(3)17)8-13(14)16/h6-11H,5,17H2,1-4H3,(H,18,19). The quantitative estimate of drug-likeness (QED) is 0.842. The summed E-state index contributed by atoms with van der Waals surface area (Å²) in [5.41, 5.74) is 6.37. The second kappa shape index (κ2) is 7.24. The van der Waals surface area contributed by atoms with Gasteiger partial charge in [0.05, 0.1) is 0 Å². The lowest BCUT2D eigenvalue weighted by Gasteiger charge is -2.18. The van der Waals surface area contributed by atoms with Crippen LogP contribution < -0.4 is 15.8 Å². The molecule has 3 atom stereocenters. The van der Waals surface area contributed by atoms with Gasteiger partial charge in [0.1, 0.15) is 0 Å². The predicted molar refractivity (Wildman–Crippen MR) is 77.0 cm³/mol. The van der Waals surface area contributed by atoms with E-state index in [-0.39, 0.29) is 23.7 Å². The summed E-state index contributed by atoms with van der Waals surface area (Å²) in [5.74, 6) is -0.709. The topological polar surface area (TPSA) is 64.3 Å². The molecule has 5 heteroatoms. The van der Waals surface area contributed by atoms with Crippen molar-refractivity contribution in [2.75, 3.05) is 0 Å². The predicted octanol–water partition coefficient (Wildman–Crippen LogP) is 2.53. The molecule has 20 heavy (non-hydrogen) atoms. The molecule has 0 saturated heterocycles. The Kier molecular flexibility index (Phi) is 5.95. The third kappa shape index (κ3) is 4.49. The number of hydrogen-bond acceptors (Lipinski definition) is 3. The number of carbonyl (C=O) groups is 1. The number of ether oxygens (including phenoxy) is 1. The minimum atomic E-state index is -0.750. The van der Waals surface area contributed by atoms with Crippen molar-refractivity contribution in [2.24, 2.45) is 5.73 Å². The summed E-state index contributed by atoms with van der Waals surface area (Å²) in [6.07, 6.45) is 0.0789. The molecule has 0 saturated carbocycles. The molecule has 0 fully saturated rings. The van der Waals surface area contributed by atoms with Gasteiger partial charge in [0.15, 0.2) is 17.7 Å². The van der Waals surface area contributed by atoms with Crippen molar-refractivity contribution >= 4 is 5.91 Å². The van der Waals surface area contributed by atoms with Gasteiger partial charge in [-0.1, -0.05) is 13.0 Å². The van der Waals surface area contributed by atoms with E-state index in [1.807, 2.05) is 13.8 Å². The highest BCUT2D eigenvalue weighted by Crippen LogP contribution is 2.22. The Labute approximate surface area is 119 Å². The van der Waals surface area contributed by atoms with Gasteiger partial charge in [0.25, 0.3) is 5.91 Å². The molecule has 0 spiro atoms. The van der Waals surface area contributed by atoms with E-state index in [0.717, 1.165) is 6.42 Å². The summed E-state index contributed by atoms with van der Waals surface area (Å²) in [6.45, 7) is 7.25. The van der Waals surface area contributed by atoms with Crippen molar-refractivity contribution in [3.05, 3.63) is 29.6 Å². The maximum absolute atomic E-state index is 13.9. The van der Waals surface area contributed by atoms with Crippen LogP contribution in [0.25, 0.3) is 0 Å². The molecule has 3 N–H and O–H groups in total. The van der Waals surface area contributed by atoms with Crippen molar-refractivity contribution in [2.45, 2.75) is 52.3 Å². The van der Waals surface area contributed by atoms with Crippen LogP contribution in [0.5, 0.6) is 5.75 Å². The van der Waals surface area contributed by atoms with Crippen molar-refractivity contribution in [1.82, 2.24) is 5.32 Å². The molecule has 0 aromatic heterocycles. The van der Waals surface area contributed by atoms with Gasteiger partial charge in [-0.2, -0.15) is 0 Å². The van der Waals surface area contributed by atoms with Gasteiger partial charge in [-0.15, -0.1) is 0 Å². The summed E-state index contributed by atoms with van der Waals surface area (Å²) >= 11 is 0. The molecule has 0 aliphatic heterocycles. The lowest BCUT2D eigenvalue weighted by molar-refractivity contribution is -0.127. The summed E-state index contributed by atoms with van der Waals surface area (Å²) in [7, 11) is 0. The Morgan fingerprint density at radius 1 is 1.40 bits per heavy atom. The van der Waals surface area contributed by atoms with E-state index < -0.39 is 11.9 Å². The molecule has 1 aromatic carbocycles. The van der Waals surface area contributed by atoms with Crippen molar-refractivity contribution in [1.29, 1.82) is 0 Å². The van der Waals surface area contributed by atoms with Crippen LogP contribution in [0.2, 0.25) is 0 Å². The molecular formula is C15H23FN2O2. The fourth-order valence-corrected chi connectivity index (χ4v) is 1.60. The maximum Gasteiger partial charge on any atom is 0.260 e. The molecule has 0 aliphatic carbocycles. The third-order valence-corrected chi connectivity index (χ3v) is 3.16. The summed E-state index contributed by atoms with van der Waals surface area (Å²) in [5, 5.41) is 2.79. The molecule has 112 valence electrons. The van der Waals surface area contributed by atoms with Gasteiger partial charge in [-0.25, -0.2) is 4.39 Å². The van der Waals surface area contributed by atoms with E-state index >= 15 is 0 Å². The van der Waals surface area contributed by atoms with Crippen LogP contribution in [0.4, 0.5) is 4.39 Å². The minimum Gasteiger partial charge on any atom is -0.478 e. The second-order valence-electron chi connectivity index (χ2n) is 5.06. The Morgan fingerprint density at radius 3 is 2.55 bits per heavy atom. The maximum atomic E-state index is 13.9. The summed E-state index contributed by atoms with van der Waals surface area (Å²) in [4.78, 5) is 11.8. The SMILES string of the molecule is CCC(C)NC(=O)C(C)Oc1ccc(C(C)N)cc1F. The average Bonchev–Trinajstić information content (AvgIpc) is 2.40. The van der Waals surface area contributed by atoms with E-state index in [2.05, 4.69) is 5.32 Å². The number of nitrogens with two attached hydrogens (primary N) is 1. The van der Waals surface area contributed by atoms with Crippen LogP contribution in [-0.4, -0.2) is 18.1 Å². The normalized spacial score (nSPS) is 15.3. The summed E-state index contributed by atoms with van der Waals surface area (Å²) in [6, 6.07) is 4.35. The van der Waals surface area contributed by atoms with E-state index in [1.165, 1.54) is 12.1 Å². The van der Waals surface area contributed by atoms with Crippen LogP contribution in [0, 0.1) is 5.82 Å². The minimum absolute atomic E-state index is 0.0567. The van der Waals surface area contributed by atoms with Gasteiger partial charge in [-0.05, 0) is 44.9 Å². The molecule has 0 heterocycles. The Bertz CT molecular complexity index is 463. The van der Waals surface area contributed by atoms with Crippen LogP contribution in [0.3, 0.4) is 0 Å². The highest BCUT2D eigenvalue weighted by Gasteiger charge is 2.18. The molecule has 0 radical (unpaired) electrons. The van der Waals surface area contributed by atoms with Crippen molar-refractivity contribution in [3.63, 3.8) is 0 Å². The largest absolute Gasteiger partial charge is 0.478 e. The zero-order valence-corrected chi connectivity index (χ0v) is 12.4. The molecule has 1 aromatic rings. The van der Waals surface area contributed by atoms with Gasteiger partial charge < -0.3 is 15.8 Å². The van der Waals surface area contributed by atoms with Gasteiger partial charge in [0, 0.05) is 12.1 Å². The molecule has 1 rings (SSSR count). The van der Waals surface area contributed by atoms with E-state index in [9.17, 15) is 9.18 Å². The first-order valence-corrected chi connectivity index (χ1v) is 6.87. The highest BCUT2D eigenvalue weighted by atomic mass is 19.1. The highest BCUT2D eigenvalue weighted by molar-refractivity contribution is 5.80.